The summed E-state index contributed by atoms with van der Waals surface area (Å²) in [5, 5.41) is 8.91. The van der Waals surface area contributed by atoms with Gasteiger partial charge in [-0.3, -0.25) is 0 Å². The van der Waals surface area contributed by atoms with Crippen LogP contribution < -0.4 is 4.90 Å². The number of aromatic carboxylic acids is 1. The van der Waals surface area contributed by atoms with Crippen LogP contribution in [0.1, 0.15) is 29.6 Å². The zero-order chi connectivity index (χ0) is 14.1. The molecule has 1 aromatic heterocycles. The van der Waals surface area contributed by atoms with Crippen molar-refractivity contribution in [2.75, 3.05) is 31.6 Å². The van der Waals surface area contributed by atoms with Gasteiger partial charge in [-0.25, -0.2) is 9.78 Å². The minimum atomic E-state index is -0.920. The smallest absolute Gasteiger partial charge is 0.337 e. The van der Waals surface area contributed by atoms with Crippen molar-refractivity contribution in [3.05, 3.63) is 23.9 Å². The van der Waals surface area contributed by atoms with E-state index in [-0.39, 0.29) is 5.56 Å². The highest BCUT2D eigenvalue weighted by Crippen LogP contribution is 2.31. The van der Waals surface area contributed by atoms with E-state index in [1.807, 2.05) is 6.07 Å². The first-order valence-electron chi connectivity index (χ1n) is 7.29. The Morgan fingerprint density at radius 3 is 2.90 bits per heavy atom. The van der Waals surface area contributed by atoms with E-state index in [1.165, 1.54) is 32.0 Å². The number of carbonyl (C=O) groups is 1. The molecule has 108 valence electrons. The van der Waals surface area contributed by atoms with Crippen LogP contribution in [-0.4, -0.2) is 53.7 Å². The van der Waals surface area contributed by atoms with Gasteiger partial charge >= 0.3 is 5.97 Å². The number of piperidine rings is 2. The van der Waals surface area contributed by atoms with Crippen LogP contribution in [0.15, 0.2) is 18.3 Å². The van der Waals surface area contributed by atoms with E-state index in [0.29, 0.717) is 12.0 Å². The van der Waals surface area contributed by atoms with Gasteiger partial charge in [-0.15, -0.1) is 0 Å². The summed E-state index contributed by atoms with van der Waals surface area (Å²) in [5.74, 6) is 0.696. The number of aromatic nitrogens is 1. The fourth-order valence-electron chi connectivity index (χ4n) is 3.56. The molecule has 2 unspecified atom stereocenters. The molecule has 0 aliphatic carbocycles. The van der Waals surface area contributed by atoms with Gasteiger partial charge in [0.1, 0.15) is 5.82 Å². The van der Waals surface area contributed by atoms with Crippen molar-refractivity contribution in [2.24, 2.45) is 5.92 Å². The van der Waals surface area contributed by atoms with Gasteiger partial charge in [0.15, 0.2) is 0 Å². The molecule has 1 aromatic rings. The minimum absolute atomic E-state index is 0.251. The average Bonchev–Trinajstić information content (AvgIpc) is 2.47. The Morgan fingerprint density at radius 2 is 2.20 bits per heavy atom. The van der Waals surface area contributed by atoms with E-state index in [0.717, 1.165) is 18.9 Å². The van der Waals surface area contributed by atoms with Crippen molar-refractivity contribution in [1.29, 1.82) is 0 Å². The Bertz CT molecular complexity index is 488. The van der Waals surface area contributed by atoms with Crippen LogP contribution in [0, 0.1) is 5.92 Å². The third-order valence-electron chi connectivity index (χ3n) is 4.66. The SMILES string of the molecule is CN1CCCC2CN(c3ccc(C(=O)O)cn3)CCC21. The summed E-state index contributed by atoms with van der Waals surface area (Å²) >= 11 is 0. The molecule has 0 radical (unpaired) electrons. The number of nitrogens with zero attached hydrogens (tertiary/aromatic N) is 3. The quantitative estimate of drug-likeness (QED) is 0.890. The largest absolute Gasteiger partial charge is 0.478 e. The lowest BCUT2D eigenvalue weighted by Gasteiger charge is -2.46. The number of carboxylic acids is 1. The molecule has 2 aliphatic rings. The molecular formula is C15H21N3O2. The second-order valence-corrected chi connectivity index (χ2v) is 5.90. The fraction of sp³-hybridized carbons (Fsp3) is 0.600. The third-order valence-corrected chi connectivity index (χ3v) is 4.66. The van der Waals surface area contributed by atoms with Crippen LogP contribution in [0.4, 0.5) is 5.82 Å². The van der Waals surface area contributed by atoms with E-state index < -0.39 is 5.97 Å². The maximum atomic E-state index is 10.9. The first-order chi connectivity index (χ1) is 9.65. The molecule has 2 aliphatic heterocycles. The number of anilines is 1. The molecule has 5 heteroatoms. The van der Waals surface area contributed by atoms with E-state index >= 15 is 0 Å². The Kier molecular flexibility index (Phi) is 3.61. The molecule has 0 spiro atoms. The molecule has 2 fully saturated rings. The van der Waals surface area contributed by atoms with Crippen molar-refractivity contribution in [2.45, 2.75) is 25.3 Å². The highest BCUT2D eigenvalue weighted by Gasteiger charge is 2.34. The summed E-state index contributed by atoms with van der Waals surface area (Å²) < 4.78 is 0. The van der Waals surface area contributed by atoms with Crippen LogP contribution in [0.2, 0.25) is 0 Å². The Hall–Kier alpha value is -1.62. The molecule has 5 nitrogen and oxygen atoms in total. The summed E-state index contributed by atoms with van der Waals surface area (Å²) in [7, 11) is 2.23. The normalized spacial score (nSPS) is 27.1. The number of rotatable bonds is 2. The van der Waals surface area contributed by atoms with Crippen molar-refractivity contribution in [3.8, 4) is 0 Å². The average molecular weight is 275 g/mol. The maximum Gasteiger partial charge on any atom is 0.337 e. The third kappa shape index (κ3) is 2.50. The van der Waals surface area contributed by atoms with Crippen molar-refractivity contribution < 1.29 is 9.90 Å². The molecular weight excluding hydrogens is 254 g/mol. The van der Waals surface area contributed by atoms with Gasteiger partial charge in [0.2, 0.25) is 0 Å². The summed E-state index contributed by atoms with van der Waals surface area (Å²) in [6, 6.07) is 4.18. The molecule has 0 amide bonds. The molecule has 3 rings (SSSR count). The highest BCUT2D eigenvalue weighted by molar-refractivity contribution is 5.87. The van der Waals surface area contributed by atoms with Crippen LogP contribution >= 0.6 is 0 Å². The van der Waals surface area contributed by atoms with Crippen LogP contribution in [-0.2, 0) is 0 Å². The van der Waals surface area contributed by atoms with Crippen molar-refractivity contribution in [3.63, 3.8) is 0 Å². The first-order valence-corrected chi connectivity index (χ1v) is 7.29. The first kappa shape index (κ1) is 13.4. The lowest BCUT2D eigenvalue weighted by molar-refractivity contribution is 0.0696. The van der Waals surface area contributed by atoms with Crippen LogP contribution in [0.5, 0.6) is 0 Å². The minimum Gasteiger partial charge on any atom is -0.478 e. The van der Waals surface area contributed by atoms with Gasteiger partial charge in [-0.1, -0.05) is 0 Å². The zero-order valence-electron chi connectivity index (χ0n) is 11.8. The Labute approximate surface area is 119 Å². The molecule has 0 saturated carbocycles. The maximum absolute atomic E-state index is 10.9. The van der Waals surface area contributed by atoms with E-state index in [9.17, 15) is 4.79 Å². The number of carboxylic acid groups (broad SMARTS) is 1. The molecule has 2 atom stereocenters. The summed E-state index contributed by atoms with van der Waals surface area (Å²) in [4.78, 5) is 20.0. The van der Waals surface area contributed by atoms with Gasteiger partial charge < -0.3 is 14.9 Å². The molecule has 3 heterocycles. The molecule has 0 aromatic carbocycles. The fourth-order valence-corrected chi connectivity index (χ4v) is 3.56. The van der Waals surface area contributed by atoms with Crippen LogP contribution in [0.25, 0.3) is 0 Å². The highest BCUT2D eigenvalue weighted by atomic mass is 16.4. The second-order valence-electron chi connectivity index (χ2n) is 5.90. The second kappa shape index (κ2) is 5.40. The number of hydrogen-bond acceptors (Lipinski definition) is 4. The number of fused-ring (bicyclic) bond motifs is 1. The lowest BCUT2D eigenvalue weighted by Crippen LogP contribution is -2.52. The van der Waals surface area contributed by atoms with E-state index in [2.05, 4.69) is 21.8 Å². The number of hydrogen-bond donors (Lipinski definition) is 1. The van der Waals surface area contributed by atoms with Crippen molar-refractivity contribution >= 4 is 11.8 Å². The molecule has 0 bridgehead atoms. The summed E-state index contributed by atoms with van der Waals surface area (Å²) in [5.41, 5.74) is 0.251. The predicted molar refractivity (Wildman–Crippen MR) is 77.2 cm³/mol. The van der Waals surface area contributed by atoms with Gasteiger partial charge in [-0.2, -0.15) is 0 Å². The predicted octanol–water partition coefficient (Wildman–Crippen LogP) is 1.70. The molecule has 1 N–H and O–H groups in total. The monoisotopic (exact) mass is 275 g/mol. The molecule has 20 heavy (non-hydrogen) atoms. The Morgan fingerprint density at radius 1 is 1.35 bits per heavy atom. The van der Waals surface area contributed by atoms with Gasteiger partial charge in [0, 0.05) is 25.3 Å². The van der Waals surface area contributed by atoms with Gasteiger partial charge in [0.25, 0.3) is 0 Å². The molecule has 2 saturated heterocycles. The number of pyridine rings is 1. The van der Waals surface area contributed by atoms with E-state index in [1.54, 1.807) is 6.07 Å². The lowest BCUT2D eigenvalue weighted by atomic mass is 9.84. The topological polar surface area (TPSA) is 56.7 Å². The Balaban J connectivity index is 1.71. The zero-order valence-corrected chi connectivity index (χ0v) is 11.8. The van der Waals surface area contributed by atoms with E-state index in [4.69, 9.17) is 5.11 Å². The standard InChI is InChI=1S/C15H21N3O2/c1-17-7-2-3-12-10-18(8-6-13(12)17)14-5-4-11(9-16-14)15(19)20/h4-5,9,12-13H,2-3,6-8,10H2,1H3,(H,19,20). The van der Waals surface area contributed by atoms with Gasteiger partial charge in [-0.05, 0) is 50.9 Å². The van der Waals surface area contributed by atoms with Crippen molar-refractivity contribution in [1.82, 2.24) is 9.88 Å². The van der Waals surface area contributed by atoms with Gasteiger partial charge in [0.05, 0.1) is 5.56 Å². The summed E-state index contributed by atoms with van der Waals surface area (Å²) in [6.45, 7) is 3.26. The van der Waals surface area contributed by atoms with Crippen LogP contribution in [0.3, 0.4) is 0 Å². The number of likely N-dealkylation sites (tertiary alicyclic amines) is 1. The summed E-state index contributed by atoms with van der Waals surface area (Å²) in [6.07, 6.45) is 5.19.